The summed E-state index contributed by atoms with van der Waals surface area (Å²) >= 11 is 0. The molecule has 37 heavy (non-hydrogen) atoms. The van der Waals surface area contributed by atoms with Gasteiger partial charge in [-0.05, 0) is 18.6 Å². The molecule has 0 radical (unpaired) electrons. The number of ether oxygens (including phenoxy) is 1. The Balaban J connectivity index is 1.42. The van der Waals surface area contributed by atoms with E-state index in [-0.39, 0.29) is 24.0 Å². The van der Waals surface area contributed by atoms with Gasteiger partial charge in [0.05, 0.1) is 11.6 Å². The second-order valence-electron chi connectivity index (χ2n) is 9.02. The molecule has 10 heteroatoms. The summed E-state index contributed by atoms with van der Waals surface area (Å²) in [5.74, 6) is 0.371. The molecule has 0 bridgehead atoms. The Morgan fingerprint density at radius 3 is 2.30 bits per heavy atom. The molecular formula is C27H31F3N6O. The van der Waals surface area contributed by atoms with E-state index < -0.39 is 11.9 Å². The van der Waals surface area contributed by atoms with E-state index in [9.17, 15) is 13.2 Å². The van der Waals surface area contributed by atoms with Crippen molar-refractivity contribution >= 4 is 11.0 Å². The monoisotopic (exact) mass is 512 g/mol. The smallest absolute Gasteiger partial charge is 0.433 e. The molecular weight excluding hydrogens is 481 g/mol. The predicted molar refractivity (Wildman–Crippen MR) is 135 cm³/mol. The van der Waals surface area contributed by atoms with Crippen LogP contribution >= 0.6 is 0 Å². The molecule has 0 unspecified atom stereocenters. The maximum absolute atomic E-state index is 13.3. The van der Waals surface area contributed by atoms with Crippen LogP contribution in [-0.4, -0.2) is 29.9 Å². The molecule has 0 fully saturated rings. The lowest BCUT2D eigenvalue weighted by molar-refractivity contribution is -0.141. The van der Waals surface area contributed by atoms with Crippen LogP contribution in [0.4, 0.5) is 13.2 Å². The van der Waals surface area contributed by atoms with E-state index in [0.29, 0.717) is 16.6 Å². The third-order valence-corrected chi connectivity index (χ3v) is 6.03. The number of pyridine rings is 1. The van der Waals surface area contributed by atoms with Gasteiger partial charge in [0, 0.05) is 12.1 Å². The first kappa shape index (κ1) is 26.5. The molecule has 0 aliphatic heterocycles. The Hall–Kier alpha value is -3.56. The third kappa shape index (κ3) is 7.47. The van der Waals surface area contributed by atoms with Crippen molar-refractivity contribution < 1.29 is 17.9 Å². The van der Waals surface area contributed by atoms with Crippen molar-refractivity contribution in [2.24, 2.45) is 0 Å². The van der Waals surface area contributed by atoms with Gasteiger partial charge in [0.1, 0.15) is 18.0 Å². The molecule has 0 saturated carbocycles. The van der Waals surface area contributed by atoms with Crippen molar-refractivity contribution in [3.05, 3.63) is 60.0 Å². The normalized spacial score (nSPS) is 11.8. The number of rotatable bonds is 13. The van der Waals surface area contributed by atoms with E-state index in [1.807, 2.05) is 12.3 Å². The quantitative estimate of drug-likeness (QED) is 0.179. The first-order valence-corrected chi connectivity index (χ1v) is 12.8. The topological polar surface area (TPSA) is 78.6 Å². The highest BCUT2D eigenvalue weighted by Crippen LogP contribution is 2.32. The number of hydrogen-bond donors (Lipinski definition) is 0. The van der Waals surface area contributed by atoms with Crippen molar-refractivity contribution in [3.8, 4) is 17.3 Å². The number of hydrogen-bond acceptors (Lipinski definition) is 6. The Morgan fingerprint density at radius 2 is 1.57 bits per heavy atom. The van der Waals surface area contributed by atoms with E-state index in [1.165, 1.54) is 44.6 Å². The first-order valence-electron chi connectivity index (χ1n) is 12.8. The van der Waals surface area contributed by atoms with Crippen LogP contribution in [0.5, 0.6) is 5.88 Å². The highest BCUT2D eigenvalue weighted by atomic mass is 19.4. The molecule has 0 amide bonds. The van der Waals surface area contributed by atoms with E-state index in [2.05, 4.69) is 32.2 Å². The maximum atomic E-state index is 13.3. The van der Waals surface area contributed by atoms with Crippen molar-refractivity contribution in [1.82, 2.24) is 29.9 Å². The minimum atomic E-state index is -4.58. The van der Waals surface area contributed by atoms with Crippen LogP contribution in [0, 0.1) is 0 Å². The lowest BCUT2D eigenvalue weighted by atomic mass is 10.1. The maximum Gasteiger partial charge on any atom is 0.433 e. The van der Waals surface area contributed by atoms with Crippen LogP contribution in [0.1, 0.15) is 69.7 Å². The lowest BCUT2D eigenvalue weighted by Crippen LogP contribution is -2.09. The zero-order valence-electron chi connectivity index (χ0n) is 20.9. The lowest BCUT2D eigenvalue weighted by Gasteiger charge is -2.11. The summed E-state index contributed by atoms with van der Waals surface area (Å²) in [6, 6.07) is 11.2. The molecule has 0 saturated heterocycles. The zero-order chi connectivity index (χ0) is 26.1. The molecule has 4 aromatic rings. The molecule has 0 aliphatic rings. The summed E-state index contributed by atoms with van der Waals surface area (Å²) in [5.41, 5.74) is 0.141. The van der Waals surface area contributed by atoms with Crippen molar-refractivity contribution in [2.45, 2.75) is 77.6 Å². The molecule has 0 aliphatic carbocycles. The largest absolute Gasteiger partial charge is 0.470 e. The second kappa shape index (κ2) is 12.6. The van der Waals surface area contributed by atoms with Crippen molar-refractivity contribution in [1.29, 1.82) is 0 Å². The summed E-state index contributed by atoms with van der Waals surface area (Å²) in [7, 11) is 0. The Morgan fingerprint density at radius 1 is 0.838 bits per heavy atom. The minimum Gasteiger partial charge on any atom is -0.470 e. The summed E-state index contributed by atoms with van der Waals surface area (Å²) in [5, 5.41) is 8.63. The second-order valence-corrected chi connectivity index (χ2v) is 9.02. The Labute approximate surface area is 214 Å². The van der Waals surface area contributed by atoms with E-state index in [1.54, 1.807) is 28.9 Å². The average molecular weight is 513 g/mol. The molecule has 7 nitrogen and oxygen atoms in total. The fraction of sp³-hybridized carbons (Fsp3) is 0.444. The fourth-order valence-corrected chi connectivity index (χ4v) is 4.03. The number of aryl methyl sites for hydroxylation is 1. The van der Waals surface area contributed by atoms with Gasteiger partial charge in [-0.2, -0.15) is 18.2 Å². The summed E-state index contributed by atoms with van der Waals surface area (Å²) in [6.45, 7) is 3.07. The number of alkyl halides is 3. The SMILES string of the molecule is CCCCCCCCCCn1cc(COc2nc(-c3ccccc3)nc3nc(C(F)(F)F)ccc23)nn1. The van der Waals surface area contributed by atoms with Gasteiger partial charge in [0.15, 0.2) is 11.5 Å². The van der Waals surface area contributed by atoms with Crippen LogP contribution in [-0.2, 0) is 19.3 Å². The fourth-order valence-electron chi connectivity index (χ4n) is 4.03. The zero-order valence-corrected chi connectivity index (χ0v) is 20.9. The number of halogens is 3. The molecule has 0 atom stereocenters. The van der Waals surface area contributed by atoms with Crippen molar-refractivity contribution in [3.63, 3.8) is 0 Å². The van der Waals surface area contributed by atoms with Crippen molar-refractivity contribution in [2.75, 3.05) is 0 Å². The molecule has 196 valence electrons. The highest BCUT2D eigenvalue weighted by Gasteiger charge is 2.33. The van der Waals surface area contributed by atoms with E-state index in [4.69, 9.17) is 4.74 Å². The van der Waals surface area contributed by atoms with E-state index in [0.717, 1.165) is 25.5 Å². The van der Waals surface area contributed by atoms with Crippen LogP contribution in [0.15, 0.2) is 48.7 Å². The Kier molecular flexibility index (Phi) is 9.03. The van der Waals surface area contributed by atoms with Crippen LogP contribution in [0.3, 0.4) is 0 Å². The number of fused-ring (bicyclic) bond motifs is 1. The van der Waals surface area contributed by atoms with Gasteiger partial charge >= 0.3 is 6.18 Å². The molecule has 0 spiro atoms. The van der Waals surface area contributed by atoms with Gasteiger partial charge < -0.3 is 4.74 Å². The van der Waals surface area contributed by atoms with Crippen LogP contribution in [0.25, 0.3) is 22.4 Å². The standard InChI is InChI=1S/C27H31F3N6O/c1-2-3-4-5-6-7-8-12-17-36-18-21(34-35-36)19-37-26-22-15-16-23(27(28,29)30)31-25(22)32-24(33-26)20-13-10-9-11-14-20/h9-11,13-16,18H,2-8,12,17,19H2,1H3. The third-order valence-electron chi connectivity index (χ3n) is 6.03. The highest BCUT2D eigenvalue weighted by molar-refractivity contribution is 5.82. The van der Waals surface area contributed by atoms with Gasteiger partial charge in [-0.1, -0.05) is 87.4 Å². The number of aromatic nitrogens is 6. The summed E-state index contributed by atoms with van der Waals surface area (Å²) in [4.78, 5) is 12.5. The van der Waals surface area contributed by atoms with Gasteiger partial charge in [0.25, 0.3) is 0 Å². The van der Waals surface area contributed by atoms with Gasteiger partial charge in [0.2, 0.25) is 5.88 Å². The van der Waals surface area contributed by atoms with Crippen LogP contribution < -0.4 is 4.74 Å². The van der Waals surface area contributed by atoms with E-state index >= 15 is 0 Å². The molecule has 1 aromatic carbocycles. The number of nitrogens with zero attached hydrogens (tertiary/aromatic N) is 6. The molecule has 4 rings (SSSR count). The predicted octanol–water partition coefficient (Wildman–Crippen LogP) is 7.02. The average Bonchev–Trinajstić information content (AvgIpc) is 3.36. The van der Waals surface area contributed by atoms with Gasteiger partial charge in [-0.3, -0.25) is 4.68 Å². The van der Waals surface area contributed by atoms with Crippen LogP contribution in [0.2, 0.25) is 0 Å². The summed E-state index contributed by atoms with van der Waals surface area (Å²) < 4.78 is 47.5. The molecule has 3 aromatic heterocycles. The summed E-state index contributed by atoms with van der Waals surface area (Å²) in [6.07, 6.45) is 7.11. The Bertz CT molecular complexity index is 1280. The molecule has 3 heterocycles. The minimum absolute atomic E-state index is 0.0682. The number of unbranched alkanes of at least 4 members (excludes halogenated alkanes) is 7. The first-order chi connectivity index (χ1) is 17.9. The molecule has 0 N–H and O–H groups in total. The van der Waals surface area contributed by atoms with Gasteiger partial charge in [-0.15, -0.1) is 5.10 Å². The van der Waals surface area contributed by atoms with Gasteiger partial charge in [-0.25, -0.2) is 9.97 Å². The number of benzene rings is 1.